The Labute approximate surface area is 147 Å². The zero-order chi connectivity index (χ0) is 18.6. The number of rotatable bonds is 7. The van der Waals surface area contributed by atoms with E-state index >= 15 is 0 Å². The molecule has 2 aromatic rings. The van der Waals surface area contributed by atoms with E-state index in [0.29, 0.717) is 24.7 Å². The van der Waals surface area contributed by atoms with Gasteiger partial charge in [0.2, 0.25) is 5.91 Å². The molecule has 0 spiro atoms. The summed E-state index contributed by atoms with van der Waals surface area (Å²) in [6.07, 6.45) is 5.17. The molecule has 0 aliphatic rings. The summed E-state index contributed by atoms with van der Waals surface area (Å²) >= 11 is 0. The quantitative estimate of drug-likeness (QED) is 0.802. The van der Waals surface area contributed by atoms with Crippen LogP contribution in [0.25, 0.3) is 0 Å². The van der Waals surface area contributed by atoms with Crippen LogP contribution >= 0.6 is 0 Å². The van der Waals surface area contributed by atoms with Crippen LogP contribution in [0.5, 0.6) is 0 Å². The van der Waals surface area contributed by atoms with Crippen molar-refractivity contribution in [2.24, 2.45) is 5.92 Å². The summed E-state index contributed by atoms with van der Waals surface area (Å²) in [7, 11) is 0. The zero-order valence-electron chi connectivity index (χ0n) is 15.4. The Balaban J connectivity index is 2.16. The first-order chi connectivity index (χ1) is 11.8. The van der Waals surface area contributed by atoms with Crippen LogP contribution in [-0.4, -0.2) is 37.9 Å². The zero-order valence-corrected chi connectivity index (χ0v) is 15.4. The summed E-state index contributed by atoms with van der Waals surface area (Å²) < 4.78 is 3.22. The van der Waals surface area contributed by atoms with Gasteiger partial charge in [0.15, 0.2) is 5.69 Å². The highest BCUT2D eigenvalue weighted by atomic mass is 16.2. The molecule has 2 N–H and O–H groups in total. The number of amides is 2. The second kappa shape index (κ2) is 7.96. The fourth-order valence-electron chi connectivity index (χ4n) is 2.23. The minimum atomic E-state index is -0.495. The molecule has 0 saturated carbocycles. The summed E-state index contributed by atoms with van der Waals surface area (Å²) in [6, 6.07) is -0.495. The van der Waals surface area contributed by atoms with Gasteiger partial charge in [-0.05, 0) is 32.3 Å². The molecule has 8 heteroatoms. The highest BCUT2D eigenvalue weighted by molar-refractivity contribution is 6.02. The lowest BCUT2D eigenvalue weighted by molar-refractivity contribution is -0.119. The van der Waals surface area contributed by atoms with Crippen LogP contribution in [0.2, 0.25) is 0 Å². The molecule has 0 aliphatic carbocycles. The Hall–Kier alpha value is -2.64. The lowest BCUT2D eigenvalue weighted by Gasteiger charge is -2.12. The van der Waals surface area contributed by atoms with E-state index in [0.717, 1.165) is 5.56 Å². The Bertz CT molecular complexity index is 746. The number of anilines is 1. The molecule has 0 radical (unpaired) electrons. The van der Waals surface area contributed by atoms with E-state index in [9.17, 15) is 9.59 Å². The average molecular weight is 346 g/mol. The fourth-order valence-corrected chi connectivity index (χ4v) is 2.23. The van der Waals surface area contributed by atoms with Crippen molar-refractivity contribution in [2.45, 2.75) is 47.2 Å². The Kier molecular flexibility index (Phi) is 5.95. The van der Waals surface area contributed by atoms with Crippen LogP contribution in [0.3, 0.4) is 0 Å². The number of carbonyl (C=O) groups is 2. The molecular weight excluding hydrogens is 320 g/mol. The highest BCUT2D eigenvalue weighted by Gasteiger charge is 2.22. The van der Waals surface area contributed by atoms with Gasteiger partial charge in [-0.1, -0.05) is 13.8 Å². The van der Waals surface area contributed by atoms with Crippen molar-refractivity contribution in [2.75, 3.05) is 11.9 Å². The number of hydrogen-bond acceptors (Lipinski definition) is 4. The van der Waals surface area contributed by atoms with Gasteiger partial charge in [-0.2, -0.15) is 10.2 Å². The minimum absolute atomic E-state index is 0.222. The van der Waals surface area contributed by atoms with Crippen molar-refractivity contribution < 1.29 is 9.59 Å². The van der Waals surface area contributed by atoms with Crippen LogP contribution < -0.4 is 10.6 Å². The van der Waals surface area contributed by atoms with Gasteiger partial charge >= 0.3 is 0 Å². The lowest BCUT2D eigenvalue weighted by Crippen LogP contribution is -2.29. The first-order valence-corrected chi connectivity index (χ1v) is 8.49. The second-order valence-electron chi connectivity index (χ2n) is 6.51. The maximum atomic E-state index is 12.5. The molecule has 8 nitrogen and oxygen atoms in total. The van der Waals surface area contributed by atoms with Gasteiger partial charge in [0.25, 0.3) is 5.91 Å². The molecule has 0 aromatic carbocycles. The monoisotopic (exact) mass is 346 g/mol. The number of nitrogens with zero attached hydrogens (tertiary/aromatic N) is 4. The third-order valence-electron chi connectivity index (χ3n) is 3.74. The molecule has 2 rings (SSSR count). The predicted octanol–water partition coefficient (Wildman–Crippen LogP) is 1.99. The van der Waals surface area contributed by atoms with E-state index in [2.05, 4.69) is 20.8 Å². The van der Waals surface area contributed by atoms with Gasteiger partial charge in [0.1, 0.15) is 6.04 Å². The highest BCUT2D eigenvalue weighted by Crippen LogP contribution is 2.17. The standard InChI is InChI=1S/C17H26N6O2/c1-6-22-10-14(15(21-22)17(25)18-7-11(2)3)20-16(24)13(5)23-9-12(4)8-19-23/h8-11,13H,6-7H2,1-5H3,(H,18,25)(H,20,24). The fraction of sp³-hybridized carbons (Fsp3) is 0.529. The molecule has 0 aliphatic heterocycles. The van der Waals surface area contributed by atoms with Gasteiger partial charge in [-0.15, -0.1) is 0 Å². The smallest absolute Gasteiger partial charge is 0.273 e. The van der Waals surface area contributed by atoms with E-state index in [1.54, 1.807) is 34.9 Å². The SMILES string of the molecule is CCn1cc(NC(=O)C(C)n2cc(C)cn2)c(C(=O)NCC(C)C)n1. The normalized spacial score (nSPS) is 12.2. The summed E-state index contributed by atoms with van der Waals surface area (Å²) in [5.41, 5.74) is 1.61. The van der Waals surface area contributed by atoms with Crippen molar-refractivity contribution >= 4 is 17.5 Å². The number of hydrogen-bond donors (Lipinski definition) is 2. The van der Waals surface area contributed by atoms with Crippen LogP contribution in [0.4, 0.5) is 5.69 Å². The lowest BCUT2D eigenvalue weighted by atomic mass is 10.2. The van der Waals surface area contributed by atoms with E-state index in [1.165, 1.54) is 0 Å². The van der Waals surface area contributed by atoms with Gasteiger partial charge in [0, 0.05) is 25.5 Å². The predicted molar refractivity (Wildman–Crippen MR) is 95.4 cm³/mol. The van der Waals surface area contributed by atoms with Crippen molar-refractivity contribution in [3.8, 4) is 0 Å². The molecule has 25 heavy (non-hydrogen) atoms. The largest absolute Gasteiger partial charge is 0.350 e. The Morgan fingerprint density at radius 1 is 1.24 bits per heavy atom. The van der Waals surface area contributed by atoms with Crippen LogP contribution in [0.1, 0.15) is 49.8 Å². The molecule has 0 saturated heterocycles. The molecular formula is C17H26N6O2. The van der Waals surface area contributed by atoms with Crippen LogP contribution in [-0.2, 0) is 11.3 Å². The third-order valence-corrected chi connectivity index (χ3v) is 3.74. The summed E-state index contributed by atoms with van der Waals surface area (Å²) in [5.74, 6) is -0.214. The molecule has 0 bridgehead atoms. The van der Waals surface area contributed by atoms with Gasteiger partial charge in [-0.3, -0.25) is 19.0 Å². The number of aromatic nitrogens is 4. The first kappa shape index (κ1) is 18.7. The van der Waals surface area contributed by atoms with Gasteiger partial charge in [0.05, 0.1) is 11.9 Å². The van der Waals surface area contributed by atoms with E-state index in [-0.39, 0.29) is 17.5 Å². The van der Waals surface area contributed by atoms with Crippen molar-refractivity contribution in [1.82, 2.24) is 24.9 Å². The maximum Gasteiger partial charge on any atom is 0.273 e. The molecule has 2 amide bonds. The Morgan fingerprint density at radius 2 is 1.96 bits per heavy atom. The molecule has 0 fully saturated rings. The van der Waals surface area contributed by atoms with E-state index in [1.807, 2.05) is 27.7 Å². The van der Waals surface area contributed by atoms with E-state index < -0.39 is 6.04 Å². The number of nitrogens with one attached hydrogen (secondary N) is 2. The topological polar surface area (TPSA) is 93.8 Å². The first-order valence-electron chi connectivity index (χ1n) is 8.49. The minimum Gasteiger partial charge on any atom is -0.350 e. The third kappa shape index (κ3) is 4.68. The summed E-state index contributed by atoms with van der Waals surface area (Å²) in [4.78, 5) is 24.9. The molecule has 2 heterocycles. The summed E-state index contributed by atoms with van der Waals surface area (Å²) in [6.45, 7) is 10.8. The summed E-state index contributed by atoms with van der Waals surface area (Å²) in [5, 5.41) is 14.1. The van der Waals surface area contributed by atoms with Crippen molar-refractivity contribution in [1.29, 1.82) is 0 Å². The van der Waals surface area contributed by atoms with Crippen molar-refractivity contribution in [3.63, 3.8) is 0 Å². The average Bonchev–Trinajstić information content (AvgIpc) is 3.18. The van der Waals surface area contributed by atoms with Crippen LogP contribution in [0, 0.1) is 12.8 Å². The number of carbonyl (C=O) groups excluding carboxylic acids is 2. The molecule has 136 valence electrons. The molecule has 2 aromatic heterocycles. The van der Waals surface area contributed by atoms with Crippen LogP contribution in [0.15, 0.2) is 18.6 Å². The second-order valence-corrected chi connectivity index (χ2v) is 6.51. The molecule has 1 unspecified atom stereocenters. The van der Waals surface area contributed by atoms with Gasteiger partial charge in [-0.25, -0.2) is 0 Å². The maximum absolute atomic E-state index is 12.5. The molecule has 1 atom stereocenters. The van der Waals surface area contributed by atoms with E-state index in [4.69, 9.17) is 0 Å². The Morgan fingerprint density at radius 3 is 2.52 bits per heavy atom. The number of aryl methyl sites for hydroxylation is 2. The van der Waals surface area contributed by atoms with Crippen molar-refractivity contribution in [3.05, 3.63) is 29.8 Å². The van der Waals surface area contributed by atoms with Gasteiger partial charge < -0.3 is 10.6 Å².